The van der Waals surface area contributed by atoms with Gasteiger partial charge < -0.3 is 14.6 Å². The van der Waals surface area contributed by atoms with Gasteiger partial charge in [0.05, 0.1) is 24.5 Å². The van der Waals surface area contributed by atoms with Crippen LogP contribution < -0.4 is 13.8 Å². The van der Waals surface area contributed by atoms with Crippen molar-refractivity contribution in [3.05, 3.63) is 59.5 Å². The van der Waals surface area contributed by atoms with Gasteiger partial charge in [-0.3, -0.25) is 18.8 Å². The highest BCUT2D eigenvalue weighted by Crippen LogP contribution is 2.40. The molecule has 0 saturated carbocycles. The van der Waals surface area contributed by atoms with Crippen molar-refractivity contribution in [2.45, 2.75) is 51.2 Å². The van der Waals surface area contributed by atoms with Gasteiger partial charge in [0.25, 0.3) is 15.9 Å². The quantitative estimate of drug-likeness (QED) is 0.420. The standard InChI is InChI=1S/C26H30N4O6S/c1-4-29-17-24(26(28-29)35-5-2)37(33,34)30-16-21(11-13-25(31)32)36-23-12-8-19(14-22(23)30)7-10-20-9-6-18(3)15-27-20/h6-10,12,14-15,17,21H,4-5,11,13,16H2,1-3H3,(H,31,32)/b10-7+/t21-/m0/s1. The number of hydrogen-bond acceptors (Lipinski definition) is 7. The molecule has 1 N–H and O–H groups in total. The van der Waals surface area contributed by atoms with Gasteiger partial charge in [0.2, 0.25) is 0 Å². The normalized spacial score (nSPS) is 15.4. The van der Waals surface area contributed by atoms with Crippen LogP contribution in [-0.2, 0) is 21.4 Å². The molecule has 1 atom stereocenters. The highest BCUT2D eigenvalue weighted by Gasteiger charge is 2.37. The number of pyridine rings is 1. The number of rotatable bonds is 10. The third-order valence-corrected chi connectivity index (χ3v) is 7.61. The van der Waals surface area contributed by atoms with Crippen molar-refractivity contribution in [1.82, 2.24) is 14.8 Å². The zero-order chi connectivity index (χ0) is 26.6. The Bertz CT molecular complexity index is 1400. The number of aromatic nitrogens is 3. The predicted octanol–water partition coefficient (Wildman–Crippen LogP) is 4.00. The van der Waals surface area contributed by atoms with Crippen LogP contribution in [0.3, 0.4) is 0 Å². The lowest BCUT2D eigenvalue weighted by atomic mass is 10.1. The van der Waals surface area contributed by atoms with Gasteiger partial charge in [0.15, 0.2) is 4.90 Å². The van der Waals surface area contributed by atoms with Gasteiger partial charge in [-0.2, -0.15) is 0 Å². The van der Waals surface area contributed by atoms with Crippen LogP contribution in [-0.4, -0.2) is 53.5 Å². The Morgan fingerprint density at radius 1 is 1.24 bits per heavy atom. The third-order valence-electron chi connectivity index (χ3n) is 5.85. The number of ether oxygens (including phenoxy) is 2. The third kappa shape index (κ3) is 5.93. The van der Waals surface area contributed by atoms with E-state index >= 15 is 0 Å². The van der Waals surface area contributed by atoms with Crippen molar-refractivity contribution in [2.24, 2.45) is 0 Å². The Morgan fingerprint density at radius 3 is 2.73 bits per heavy atom. The van der Waals surface area contributed by atoms with Crippen LogP contribution in [0, 0.1) is 6.92 Å². The van der Waals surface area contributed by atoms with E-state index in [4.69, 9.17) is 14.6 Å². The van der Waals surface area contributed by atoms with E-state index in [2.05, 4.69) is 10.1 Å². The van der Waals surface area contributed by atoms with Crippen molar-refractivity contribution >= 4 is 33.8 Å². The molecule has 3 aromatic rings. The molecule has 0 spiro atoms. The van der Waals surface area contributed by atoms with Gasteiger partial charge in [-0.15, -0.1) is 5.10 Å². The second kappa shape index (κ2) is 11.0. The lowest BCUT2D eigenvalue weighted by Crippen LogP contribution is -2.43. The highest BCUT2D eigenvalue weighted by atomic mass is 32.2. The number of carbonyl (C=O) groups is 1. The van der Waals surface area contributed by atoms with E-state index < -0.39 is 22.1 Å². The van der Waals surface area contributed by atoms with E-state index in [1.165, 1.54) is 15.2 Å². The van der Waals surface area contributed by atoms with Gasteiger partial charge in [0, 0.05) is 25.4 Å². The fourth-order valence-electron chi connectivity index (χ4n) is 3.93. The largest absolute Gasteiger partial charge is 0.486 e. The molecule has 0 aliphatic carbocycles. The minimum Gasteiger partial charge on any atom is -0.486 e. The van der Waals surface area contributed by atoms with Gasteiger partial charge in [-0.1, -0.05) is 18.2 Å². The lowest BCUT2D eigenvalue weighted by Gasteiger charge is -2.35. The van der Waals surface area contributed by atoms with Crippen LogP contribution in [0.15, 0.2) is 47.6 Å². The van der Waals surface area contributed by atoms with Crippen LogP contribution in [0.25, 0.3) is 12.2 Å². The van der Waals surface area contributed by atoms with Gasteiger partial charge in [-0.25, -0.2) is 8.42 Å². The molecule has 2 aromatic heterocycles. The molecule has 0 fully saturated rings. The molecule has 1 aliphatic rings. The Balaban J connectivity index is 1.74. The molecule has 10 nitrogen and oxygen atoms in total. The van der Waals surface area contributed by atoms with E-state index in [9.17, 15) is 13.2 Å². The number of fused-ring (bicyclic) bond motifs is 1. The molecule has 0 unspecified atom stereocenters. The molecule has 11 heteroatoms. The Hall–Kier alpha value is -3.86. The Kier molecular flexibility index (Phi) is 7.82. The average Bonchev–Trinajstić information content (AvgIpc) is 3.30. The molecular formula is C26H30N4O6S. The number of aliphatic carboxylic acids is 1. The lowest BCUT2D eigenvalue weighted by molar-refractivity contribution is -0.137. The van der Waals surface area contributed by atoms with Crippen LogP contribution >= 0.6 is 0 Å². The molecule has 4 rings (SSSR count). The van der Waals surface area contributed by atoms with E-state index in [0.717, 1.165) is 16.8 Å². The maximum absolute atomic E-state index is 14.0. The molecule has 196 valence electrons. The molecular weight excluding hydrogens is 496 g/mol. The van der Waals surface area contributed by atoms with Crippen molar-refractivity contribution in [2.75, 3.05) is 17.5 Å². The van der Waals surface area contributed by atoms with Crippen LogP contribution in [0.4, 0.5) is 5.69 Å². The number of sulfonamides is 1. The fourth-order valence-corrected chi connectivity index (χ4v) is 5.51. The van der Waals surface area contributed by atoms with E-state index in [1.807, 2.05) is 44.2 Å². The van der Waals surface area contributed by atoms with Gasteiger partial charge in [0.1, 0.15) is 11.9 Å². The van der Waals surface area contributed by atoms with Gasteiger partial charge in [-0.05, 0) is 62.6 Å². The summed E-state index contributed by atoms with van der Waals surface area (Å²) in [6.45, 7) is 6.26. The second-order valence-corrected chi connectivity index (χ2v) is 10.4. The van der Waals surface area contributed by atoms with E-state index in [0.29, 0.717) is 18.0 Å². The van der Waals surface area contributed by atoms with Gasteiger partial charge >= 0.3 is 5.97 Å². The van der Waals surface area contributed by atoms with Crippen LogP contribution in [0.1, 0.15) is 43.5 Å². The number of hydrogen-bond donors (Lipinski definition) is 1. The molecule has 3 heterocycles. The first kappa shape index (κ1) is 26.2. The van der Waals surface area contributed by atoms with E-state index in [1.54, 1.807) is 25.3 Å². The number of benzene rings is 1. The topological polar surface area (TPSA) is 124 Å². The summed E-state index contributed by atoms with van der Waals surface area (Å²) in [5.74, 6) is -0.588. The summed E-state index contributed by atoms with van der Waals surface area (Å²) < 4.78 is 42.3. The first-order chi connectivity index (χ1) is 17.7. The Labute approximate surface area is 216 Å². The molecule has 1 aliphatic heterocycles. The second-order valence-electron chi connectivity index (χ2n) is 8.62. The fraction of sp³-hybridized carbons (Fsp3) is 0.346. The Morgan fingerprint density at radius 2 is 2.05 bits per heavy atom. The zero-order valence-corrected chi connectivity index (χ0v) is 21.8. The summed E-state index contributed by atoms with van der Waals surface area (Å²) in [5.41, 5.74) is 2.94. The smallest absolute Gasteiger partial charge is 0.303 e. The van der Waals surface area contributed by atoms with E-state index in [-0.39, 0.29) is 36.8 Å². The van der Waals surface area contributed by atoms with Crippen molar-refractivity contribution in [1.29, 1.82) is 0 Å². The summed E-state index contributed by atoms with van der Waals surface area (Å²) in [6.07, 6.45) is 6.31. The van der Waals surface area contributed by atoms with Crippen molar-refractivity contribution < 1.29 is 27.8 Å². The minimum atomic E-state index is -4.12. The summed E-state index contributed by atoms with van der Waals surface area (Å²) in [6, 6.07) is 9.11. The van der Waals surface area contributed by atoms with Crippen molar-refractivity contribution in [3.63, 3.8) is 0 Å². The minimum absolute atomic E-state index is 0.0287. The SMILES string of the molecule is CCOc1nn(CC)cc1S(=O)(=O)N1C[C@H](CCC(=O)O)Oc2ccc(/C=C/c3ccc(C)cn3)cc21. The molecule has 1 aromatic carbocycles. The van der Waals surface area contributed by atoms with Crippen LogP contribution in [0.5, 0.6) is 11.6 Å². The molecule has 37 heavy (non-hydrogen) atoms. The molecule has 0 saturated heterocycles. The maximum Gasteiger partial charge on any atom is 0.303 e. The maximum atomic E-state index is 14.0. The summed E-state index contributed by atoms with van der Waals surface area (Å²) in [5, 5.41) is 13.4. The van der Waals surface area contributed by atoms with Crippen LogP contribution in [0.2, 0.25) is 0 Å². The molecule has 0 bridgehead atoms. The first-order valence-electron chi connectivity index (χ1n) is 12.1. The number of carboxylic acid groups (broad SMARTS) is 1. The average molecular weight is 527 g/mol. The predicted molar refractivity (Wildman–Crippen MR) is 139 cm³/mol. The summed E-state index contributed by atoms with van der Waals surface area (Å²) in [7, 11) is -4.12. The summed E-state index contributed by atoms with van der Waals surface area (Å²) >= 11 is 0. The highest BCUT2D eigenvalue weighted by molar-refractivity contribution is 7.93. The number of nitrogens with zero attached hydrogens (tertiary/aromatic N) is 4. The number of aryl methyl sites for hydroxylation is 2. The number of carboxylic acids is 1. The number of anilines is 1. The molecule has 0 amide bonds. The first-order valence-corrected chi connectivity index (χ1v) is 13.5. The monoisotopic (exact) mass is 526 g/mol. The van der Waals surface area contributed by atoms with Crippen molar-refractivity contribution in [3.8, 4) is 11.6 Å². The molecule has 0 radical (unpaired) electrons. The zero-order valence-electron chi connectivity index (χ0n) is 21.0. The summed E-state index contributed by atoms with van der Waals surface area (Å²) in [4.78, 5) is 15.5.